The van der Waals surface area contributed by atoms with Crippen molar-refractivity contribution in [3.63, 3.8) is 0 Å². The van der Waals surface area contributed by atoms with E-state index in [0.717, 1.165) is 16.9 Å². The Hall–Kier alpha value is -3.15. The molecule has 0 aliphatic carbocycles. The van der Waals surface area contributed by atoms with Crippen molar-refractivity contribution in [1.29, 1.82) is 0 Å². The van der Waals surface area contributed by atoms with E-state index in [4.69, 9.17) is 9.15 Å². The normalized spacial score (nSPS) is 10.5. The van der Waals surface area contributed by atoms with Crippen LogP contribution < -0.4 is 10.1 Å². The summed E-state index contributed by atoms with van der Waals surface area (Å²) in [5, 5.41) is 10.9. The molecule has 0 radical (unpaired) electrons. The van der Waals surface area contributed by atoms with Crippen LogP contribution in [0.4, 0.5) is 0 Å². The van der Waals surface area contributed by atoms with Gasteiger partial charge in [-0.3, -0.25) is 4.79 Å². The van der Waals surface area contributed by atoms with E-state index in [1.807, 2.05) is 49.4 Å². The van der Waals surface area contributed by atoms with Crippen LogP contribution in [0.5, 0.6) is 5.75 Å². The van der Waals surface area contributed by atoms with Crippen molar-refractivity contribution < 1.29 is 13.9 Å². The van der Waals surface area contributed by atoms with Crippen LogP contribution in [-0.2, 0) is 6.42 Å². The van der Waals surface area contributed by atoms with Crippen molar-refractivity contribution in [1.82, 2.24) is 15.5 Å². The van der Waals surface area contributed by atoms with Crippen LogP contribution in [0.1, 0.15) is 21.8 Å². The molecule has 1 heterocycles. The zero-order valence-electron chi connectivity index (χ0n) is 14.2. The van der Waals surface area contributed by atoms with E-state index in [-0.39, 0.29) is 5.91 Å². The fourth-order valence-corrected chi connectivity index (χ4v) is 2.38. The van der Waals surface area contributed by atoms with E-state index >= 15 is 0 Å². The molecule has 0 bridgehead atoms. The minimum Gasteiger partial charge on any atom is -0.497 e. The third-order valence-corrected chi connectivity index (χ3v) is 3.71. The summed E-state index contributed by atoms with van der Waals surface area (Å²) in [6, 6.07) is 14.8. The Kier molecular flexibility index (Phi) is 5.09. The van der Waals surface area contributed by atoms with Crippen molar-refractivity contribution in [3.05, 3.63) is 65.5 Å². The molecule has 1 amide bonds. The van der Waals surface area contributed by atoms with Gasteiger partial charge in [-0.1, -0.05) is 17.7 Å². The van der Waals surface area contributed by atoms with Crippen LogP contribution in [0.15, 0.2) is 52.9 Å². The summed E-state index contributed by atoms with van der Waals surface area (Å²) in [5.74, 6) is 1.58. The minimum atomic E-state index is -0.112. The molecule has 0 atom stereocenters. The molecule has 0 saturated heterocycles. The van der Waals surface area contributed by atoms with Gasteiger partial charge in [-0.05, 0) is 43.3 Å². The number of amides is 1. The average Bonchev–Trinajstić information content (AvgIpc) is 3.10. The Morgan fingerprint density at radius 2 is 1.96 bits per heavy atom. The lowest BCUT2D eigenvalue weighted by atomic mass is 10.1. The van der Waals surface area contributed by atoms with Gasteiger partial charge in [0.2, 0.25) is 11.8 Å². The van der Waals surface area contributed by atoms with Crippen LogP contribution in [0.3, 0.4) is 0 Å². The molecule has 25 heavy (non-hydrogen) atoms. The maximum absolute atomic E-state index is 12.1. The highest BCUT2D eigenvalue weighted by molar-refractivity contribution is 5.94. The van der Waals surface area contributed by atoms with E-state index in [9.17, 15) is 4.79 Å². The van der Waals surface area contributed by atoms with E-state index in [1.165, 1.54) is 0 Å². The van der Waals surface area contributed by atoms with Gasteiger partial charge in [0.05, 0.1) is 7.11 Å². The molecule has 2 aromatic carbocycles. The Morgan fingerprint density at radius 3 is 2.68 bits per heavy atom. The van der Waals surface area contributed by atoms with E-state index in [1.54, 1.807) is 13.2 Å². The van der Waals surface area contributed by atoms with Gasteiger partial charge >= 0.3 is 0 Å². The molecule has 0 aliphatic heterocycles. The summed E-state index contributed by atoms with van der Waals surface area (Å²) >= 11 is 0. The Bertz CT molecular complexity index is 856. The molecule has 3 rings (SSSR count). The first-order chi connectivity index (χ1) is 12.2. The maximum Gasteiger partial charge on any atom is 0.251 e. The third-order valence-electron chi connectivity index (χ3n) is 3.71. The highest BCUT2D eigenvalue weighted by Crippen LogP contribution is 2.21. The number of nitrogens with one attached hydrogen (secondary N) is 1. The van der Waals surface area contributed by atoms with Crippen molar-refractivity contribution in [2.24, 2.45) is 0 Å². The van der Waals surface area contributed by atoms with Crippen LogP contribution in [0.2, 0.25) is 0 Å². The molecule has 0 saturated carbocycles. The Balaban J connectivity index is 1.55. The van der Waals surface area contributed by atoms with E-state index in [2.05, 4.69) is 15.5 Å². The van der Waals surface area contributed by atoms with Gasteiger partial charge in [0.25, 0.3) is 5.91 Å². The molecule has 1 aromatic heterocycles. The smallest absolute Gasteiger partial charge is 0.251 e. The van der Waals surface area contributed by atoms with Crippen LogP contribution in [0.25, 0.3) is 11.5 Å². The van der Waals surface area contributed by atoms with Crippen molar-refractivity contribution in [3.8, 4) is 17.2 Å². The van der Waals surface area contributed by atoms with Crippen LogP contribution in [-0.4, -0.2) is 29.8 Å². The van der Waals surface area contributed by atoms with Gasteiger partial charge in [0, 0.05) is 24.1 Å². The zero-order valence-corrected chi connectivity index (χ0v) is 14.2. The maximum atomic E-state index is 12.1. The molecular weight excluding hydrogens is 318 g/mol. The van der Waals surface area contributed by atoms with E-state index < -0.39 is 0 Å². The number of methoxy groups -OCH3 is 1. The quantitative estimate of drug-likeness (QED) is 0.748. The zero-order chi connectivity index (χ0) is 17.6. The Morgan fingerprint density at radius 1 is 1.16 bits per heavy atom. The number of nitrogens with zero attached hydrogens (tertiary/aromatic N) is 2. The fourth-order valence-electron chi connectivity index (χ4n) is 2.38. The van der Waals surface area contributed by atoms with Crippen molar-refractivity contribution >= 4 is 5.91 Å². The summed E-state index contributed by atoms with van der Waals surface area (Å²) in [4.78, 5) is 12.1. The number of hydrogen-bond donors (Lipinski definition) is 1. The lowest BCUT2D eigenvalue weighted by Gasteiger charge is -2.04. The number of aromatic nitrogens is 2. The predicted octanol–water partition coefficient (Wildman–Crippen LogP) is 3.03. The van der Waals surface area contributed by atoms with Gasteiger partial charge < -0.3 is 14.5 Å². The first-order valence-corrected chi connectivity index (χ1v) is 7.97. The number of aryl methyl sites for hydroxylation is 1. The summed E-state index contributed by atoms with van der Waals surface area (Å²) in [6.07, 6.45) is 0.473. The average molecular weight is 337 g/mol. The summed E-state index contributed by atoms with van der Waals surface area (Å²) in [6.45, 7) is 2.38. The summed E-state index contributed by atoms with van der Waals surface area (Å²) in [5.41, 5.74) is 2.52. The second-order valence-electron chi connectivity index (χ2n) is 5.60. The van der Waals surface area contributed by atoms with Gasteiger partial charge in [-0.15, -0.1) is 10.2 Å². The molecule has 6 nitrogen and oxygen atoms in total. The lowest BCUT2D eigenvalue weighted by molar-refractivity contribution is 0.0953. The number of ether oxygens (including phenoxy) is 1. The lowest BCUT2D eigenvalue weighted by Crippen LogP contribution is -2.25. The Labute approximate surface area is 145 Å². The number of carbonyl (C=O) groups excluding carboxylic acids is 1. The molecule has 128 valence electrons. The number of carbonyl (C=O) groups is 1. The second kappa shape index (κ2) is 7.61. The number of hydrogen-bond acceptors (Lipinski definition) is 5. The van der Waals surface area contributed by atoms with Crippen molar-refractivity contribution in [2.75, 3.05) is 13.7 Å². The number of benzene rings is 2. The highest BCUT2D eigenvalue weighted by Gasteiger charge is 2.10. The first-order valence-electron chi connectivity index (χ1n) is 7.97. The summed E-state index contributed by atoms with van der Waals surface area (Å²) in [7, 11) is 1.62. The molecule has 0 aliphatic rings. The van der Waals surface area contributed by atoms with Crippen LogP contribution >= 0.6 is 0 Å². The van der Waals surface area contributed by atoms with Gasteiger partial charge in [-0.2, -0.15) is 0 Å². The summed E-state index contributed by atoms with van der Waals surface area (Å²) < 4.78 is 10.8. The highest BCUT2D eigenvalue weighted by atomic mass is 16.5. The fraction of sp³-hybridized carbons (Fsp3) is 0.211. The topological polar surface area (TPSA) is 77.3 Å². The van der Waals surface area contributed by atoms with Gasteiger partial charge in [-0.25, -0.2) is 0 Å². The molecule has 3 aromatic rings. The molecule has 0 spiro atoms. The monoisotopic (exact) mass is 337 g/mol. The largest absolute Gasteiger partial charge is 0.497 e. The van der Waals surface area contributed by atoms with Gasteiger partial charge in [0.1, 0.15) is 5.75 Å². The molecule has 6 heteroatoms. The standard InChI is InChI=1S/C19H19N3O3/c1-13-4-3-5-15(12-13)18(23)20-11-10-17-21-22-19(25-17)14-6-8-16(24-2)9-7-14/h3-9,12H,10-11H2,1-2H3,(H,20,23). The second-order valence-corrected chi connectivity index (χ2v) is 5.60. The predicted molar refractivity (Wildman–Crippen MR) is 93.5 cm³/mol. The number of rotatable bonds is 6. The molecule has 0 fully saturated rings. The molecule has 0 unspecified atom stereocenters. The molecular formula is C19H19N3O3. The first kappa shape index (κ1) is 16.7. The minimum absolute atomic E-state index is 0.112. The van der Waals surface area contributed by atoms with E-state index in [0.29, 0.717) is 30.3 Å². The SMILES string of the molecule is COc1ccc(-c2nnc(CCNC(=O)c3cccc(C)c3)o2)cc1. The van der Waals surface area contributed by atoms with Crippen molar-refractivity contribution in [2.45, 2.75) is 13.3 Å². The third kappa shape index (κ3) is 4.23. The molecule has 1 N–H and O–H groups in total. The van der Waals surface area contributed by atoms with Gasteiger partial charge in [0.15, 0.2) is 0 Å². The van der Waals surface area contributed by atoms with Crippen LogP contribution in [0, 0.1) is 6.92 Å².